The molecule has 2 aromatic rings. The molecule has 0 unspecified atom stereocenters. The minimum Gasteiger partial charge on any atom is -0.465 e. The largest absolute Gasteiger partial charge is 0.465 e. The summed E-state index contributed by atoms with van der Waals surface area (Å²) in [5.41, 5.74) is 0.323. The number of nitrogens with zero attached hydrogens (tertiary/aromatic N) is 1. The van der Waals surface area contributed by atoms with Gasteiger partial charge >= 0.3 is 5.97 Å². The second-order valence-electron chi connectivity index (χ2n) is 4.41. The fourth-order valence-corrected chi connectivity index (χ4v) is 2.26. The molecule has 0 aliphatic heterocycles. The number of carbonyl (C=O) groups excluding carboxylic acids is 2. The van der Waals surface area contributed by atoms with Crippen LogP contribution in [0.15, 0.2) is 46.9 Å². The van der Waals surface area contributed by atoms with Gasteiger partial charge in [-0.15, -0.1) is 0 Å². The zero-order valence-corrected chi connectivity index (χ0v) is 13.5. The smallest absolute Gasteiger partial charge is 0.339 e. The SMILES string of the molecule is COC(=O)c1ccccc1NC(=O)c1ccc(Br)c([N+](=O)[O-])c1. The lowest BCUT2D eigenvalue weighted by Crippen LogP contribution is -2.15. The first kappa shape index (κ1) is 16.6. The molecule has 118 valence electrons. The number of nitro groups is 1. The molecule has 0 aliphatic rings. The molecule has 2 aromatic carbocycles. The molecule has 0 aliphatic carbocycles. The summed E-state index contributed by atoms with van der Waals surface area (Å²) < 4.78 is 4.92. The summed E-state index contributed by atoms with van der Waals surface area (Å²) in [6, 6.07) is 10.3. The van der Waals surface area contributed by atoms with E-state index >= 15 is 0 Å². The van der Waals surface area contributed by atoms with E-state index in [0.717, 1.165) is 6.07 Å². The van der Waals surface area contributed by atoms with Gasteiger partial charge in [0.15, 0.2) is 0 Å². The van der Waals surface area contributed by atoms with Gasteiger partial charge in [-0.25, -0.2) is 4.79 Å². The van der Waals surface area contributed by atoms with E-state index in [1.807, 2.05) is 0 Å². The van der Waals surface area contributed by atoms with Crippen molar-refractivity contribution in [3.8, 4) is 0 Å². The Morgan fingerprint density at radius 3 is 2.57 bits per heavy atom. The molecule has 0 bridgehead atoms. The van der Waals surface area contributed by atoms with Crippen molar-refractivity contribution in [3.05, 3.63) is 68.2 Å². The minimum absolute atomic E-state index is 0.0968. The lowest BCUT2D eigenvalue weighted by molar-refractivity contribution is -0.385. The van der Waals surface area contributed by atoms with Gasteiger partial charge in [0.05, 0.1) is 27.8 Å². The molecule has 2 rings (SSSR count). The highest BCUT2D eigenvalue weighted by molar-refractivity contribution is 9.10. The number of benzene rings is 2. The summed E-state index contributed by atoms with van der Waals surface area (Å²) in [5, 5.41) is 13.5. The average molecular weight is 379 g/mol. The number of halogens is 1. The van der Waals surface area contributed by atoms with Gasteiger partial charge in [-0.2, -0.15) is 0 Å². The molecular weight excluding hydrogens is 368 g/mol. The predicted molar refractivity (Wildman–Crippen MR) is 86.5 cm³/mol. The standard InChI is InChI=1S/C15H11BrN2O5/c1-23-15(20)10-4-2-3-5-12(10)17-14(19)9-6-7-11(16)13(8-9)18(21)22/h2-8H,1H3,(H,17,19). The molecule has 7 nitrogen and oxygen atoms in total. The van der Waals surface area contributed by atoms with Gasteiger partial charge < -0.3 is 10.1 Å². The van der Waals surface area contributed by atoms with E-state index in [1.165, 1.54) is 31.4 Å². The van der Waals surface area contributed by atoms with Gasteiger partial charge in [0.2, 0.25) is 0 Å². The highest BCUT2D eigenvalue weighted by Gasteiger charge is 2.18. The second-order valence-corrected chi connectivity index (χ2v) is 5.27. The molecular formula is C15H11BrN2O5. The number of esters is 1. The second kappa shape index (κ2) is 7.01. The van der Waals surface area contributed by atoms with Crippen LogP contribution < -0.4 is 5.32 Å². The number of rotatable bonds is 4. The summed E-state index contributed by atoms with van der Waals surface area (Å²) in [6.07, 6.45) is 0. The molecule has 0 atom stereocenters. The van der Waals surface area contributed by atoms with Crippen LogP contribution in [-0.2, 0) is 4.74 Å². The van der Waals surface area contributed by atoms with Gasteiger partial charge in [-0.1, -0.05) is 12.1 Å². The summed E-state index contributed by atoms with van der Waals surface area (Å²) in [4.78, 5) is 34.3. The Bertz CT molecular complexity index is 791. The molecule has 1 amide bonds. The quantitative estimate of drug-likeness (QED) is 0.499. The van der Waals surface area contributed by atoms with Crippen LogP contribution in [-0.4, -0.2) is 23.9 Å². The molecule has 8 heteroatoms. The maximum atomic E-state index is 12.3. The predicted octanol–water partition coefficient (Wildman–Crippen LogP) is 3.40. The Morgan fingerprint density at radius 1 is 1.22 bits per heavy atom. The Balaban J connectivity index is 2.32. The van der Waals surface area contributed by atoms with Crippen molar-refractivity contribution in [3.63, 3.8) is 0 Å². The van der Waals surface area contributed by atoms with E-state index in [2.05, 4.69) is 26.0 Å². The van der Waals surface area contributed by atoms with E-state index in [1.54, 1.807) is 12.1 Å². The van der Waals surface area contributed by atoms with Crippen LogP contribution in [0.2, 0.25) is 0 Å². The molecule has 0 fully saturated rings. The van der Waals surface area contributed by atoms with Crippen LogP contribution >= 0.6 is 15.9 Å². The number of nitro benzene ring substituents is 1. The van der Waals surface area contributed by atoms with Crippen molar-refractivity contribution in [2.24, 2.45) is 0 Å². The Hall–Kier alpha value is -2.74. The molecule has 1 N–H and O–H groups in total. The summed E-state index contributed by atoms with van der Waals surface area (Å²) in [7, 11) is 1.24. The zero-order chi connectivity index (χ0) is 17.0. The molecule has 0 spiro atoms. The van der Waals surface area contributed by atoms with Gasteiger partial charge in [0, 0.05) is 11.6 Å². The van der Waals surface area contributed by atoms with Crippen molar-refractivity contribution in [2.45, 2.75) is 0 Å². The topological polar surface area (TPSA) is 98.5 Å². The van der Waals surface area contributed by atoms with E-state index in [0.29, 0.717) is 0 Å². The van der Waals surface area contributed by atoms with Crippen LogP contribution in [0.4, 0.5) is 11.4 Å². The van der Waals surface area contributed by atoms with Crippen LogP contribution in [0.1, 0.15) is 20.7 Å². The molecule has 0 radical (unpaired) electrons. The van der Waals surface area contributed by atoms with Crippen molar-refractivity contribution < 1.29 is 19.2 Å². The van der Waals surface area contributed by atoms with E-state index < -0.39 is 16.8 Å². The lowest BCUT2D eigenvalue weighted by atomic mass is 10.1. The fraction of sp³-hybridized carbons (Fsp3) is 0.0667. The first-order valence-electron chi connectivity index (χ1n) is 6.36. The number of anilines is 1. The van der Waals surface area contributed by atoms with Gasteiger partial charge in [0.25, 0.3) is 11.6 Å². The maximum Gasteiger partial charge on any atom is 0.339 e. The van der Waals surface area contributed by atoms with E-state index in [9.17, 15) is 19.7 Å². The van der Waals surface area contributed by atoms with Gasteiger partial charge in [0.1, 0.15) is 0 Å². The summed E-state index contributed by atoms with van der Waals surface area (Å²) in [6.45, 7) is 0. The van der Waals surface area contributed by atoms with Crippen LogP contribution in [0.25, 0.3) is 0 Å². The number of nitrogens with one attached hydrogen (secondary N) is 1. The minimum atomic E-state index is -0.595. The van der Waals surface area contributed by atoms with Crippen LogP contribution in [0.5, 0.6) is 0 Å². The monoisotopic (exact) mass is 378 g/mol. The lowest BCUT2D eigenvalue weighted by Gasteiger charge is -2.09. The fourth-order valence-electron chi connectivity index (χ4n) is 1.87. The number of carbonyl (C=O) groups is 2. The first-order chi connectivity index (χ1) is 10.9. The zero-order valence-electron chi connectivity index (χ0n) is 11.9. The van der Waals surface area contributed by atoms with Crippen molar-refractivity contribution in [1.29, 1.82) is 0 Å². The summed E-state index contributed by atoms with van der Waals surface area (Å²) >= 11 is 3.05. The molecule has 0 saturated heterocycles. The van der Waals surface area contributed by atoms with Crippen molar-refractivity contribution in [2.75, 3.05) is 12.4 Å². The third-order valence-electron chi connectivity index (χ3n) is 2.99. The molecule has 0 aromatic heterocycles. The van der Waals surface area contributed by atoms with Crippen molar-refractivity contribution >= 4 is 39.2 Å². The first-order valence-corrected chi connectivity index (χ1v) is 7.16. The molecule has 0 saturated carbocycles. The third kappa shape index (κ3) is 3.72. The maximum absolute atomic E-state index is 12.3. The summed E-state index contributed by atoms with van der Waals surface area (Å²) in [5.74, 6) is -1.17. The highest BCUT2D eigenvalue weighted by atomic mass is 79.9. The Kier molecular flexibility index (Phi) is 5.07. The third-order valence-corrected chi connectivity index (χ3v) is 3.66. The molecule has 0 heterocycles. The van der Waals surface area contributed by atoms with E-state index in [4.69, 9.17) is 0 Å². The normalized spacial score (nSPS) is 10.0. The van der Waals surface area contributed by atoms with Gasteiger partial charge in [-0.05, 0) is 40.2 Å². The number of ether oxygens (including phenoxy) is 1. The Labute approximate surface area is 139 Å². The number of hydrogen-bond acceptors (Lipinski definition) is 5. The van der Waals surface area contributed by atoms with Crippen LogP contribution in [0, 0.1) is 10.1 Å². The number of hydrogen-bond donors (Lipinski definition) is 1. The van der Waals surface area contributed by atoms with E-state index in [-0.39, 0.29) is 27.0 Å². The van der Waals surface area contributed by atoms with Gasteiger partial charge in [-0.3, -0.25) is 14.9 Å². The van der Waals surface area contributed by atoms with Crippen molar-refractivity contribution in [1.82, 2.24) is 0 Å². The number of para-hydroxylation sites is 1. The highest BCUT2D eigenvalue weighted by Crippen LogP contribution is 2.26. The van der Waals surface area contributed by atoms with Crippen LogP contribution in [0.3, 0.4) is 0 Å². The number of methoxy groups -OCH3 is 1. The number of amides is 1. The Morgan fingerprint density at radius 2 is 1.91 bits per heavy atom. The average Bonchev–Trinajstić information content (AvgIpc) is 2.54. The molecule has 23 heavy (non-hydrogen) atoms.